The average molecular weight is 365 g/mol. The molecule has 4 nitrogen and oxygen atoms in total. The number of nitrogens with zero attached hydrogens (tertiary/aromatic N) is 1. The second kappa shape index (κ2) is 7.62. The maximum Gasteiger partial charge on any atom is 0.350 e. The lowest BCUT2D eigenvalue weighted by molar-refractivity contribution is 0.0322. The summed E-state index contributed by atoms with van der Waals surface area (Å²) in [6.07, 6.45) is -0.855. The van der Waals surface area contributed by atoms with Crippen molar-refractivity contribution < 1.29 is 14.3 Å². The molecule has 3 rings (SSSR count). The molecule has 0 aliphatic rings. The summed E-state index contributed by atoms with van der Waals surface area (Å²) in [4.78, 5) is 29.8. The van der Waals surface area contributed by atoms with Gasteiger partial charge < -0.3 is 4.74 Å². The van der Waals surface area contributed by atoms with E-state index in [1.165, 1.54) is 11.3 Å². The predicted octanol–water partition coefficient (Wildman–Crippen LogP) is 4.86. The summed E-state index contributed by atoms with van der Waals surface area (Å²) in [6, 6.07) is 16.9. The number of ketones is 1. The fraction of sp³-hybridized carbons (Fsp3) is 0.190. The zero-order valence-electron chi connectivity index (χ0n) is 14.9. The number of aromatic nitrogens is 1. The molecule has 0 saturated heterocycles. The summed E-state index contributed by atoms with van der Waals surface area (Å²) in [5.41, 5.74) is 3.15. The molecule has 1 aromatic heterocycles. The molecule has 0 N–H and O–H groups in total. The van der Waals surface area contributed by atoms with E-state index < -0.39 is 12.1 Å². The zero-order valence-corrected chi connectivity index (χ0v) is 15.7. The van der Waals surface area contributed by atoms with E-state index in [2.05, 4.69) is 4.98 Å². The van der Waals surface area contributed by atoms with Crippen molar-refractivity contribution in [1.82, 2.24) is 4.98 Å². The van der Waals surface area contributed by atoms with Crippen LogP contribution in [0.4, 0.5) is 0 Å². The Hall–Kier alpha value is -2.79. The van der Waals surface area contributed by atoms with Crippen molar-refractivity contribution in [2.24, 2.45) is 0 Å². The van der Waals surface area contributed by atoms with E-state index >= 15 is 0 Å². The van der Waals surface area contributed by atoms with Crippen molar-refractivity contribution in [3.8, 4) is 10.6 Å². The first kappa shape index (κ1) is 18.0. The van der Waals surface area contributed by atoms with Crippen LogP contribution in [0.5, 0.6) is 0 Å². The molecule has 5 heteroatoms. The number of aryl methyl sites for hydroxylation is 2. The van der Waals surface area contributed by atoms with Gasteiger partial charge in [0.15, 0.2) is 6.10 Å². The third-order valence-corrected chi connectivity index (χ3v) is 5.18. The van der Waals surface area contributed by atoms with Gasteiger partial charge in [-0.15, -0.1) is 11.3 Å². The minimum Gasteiger partial charge on any atom is -0.450 e. The maximum absolute atomic E-state index is 12.5. The number of carbonyl (C=O) groups excluding carboxylic acids is 2. The van der Waals surface area contributed by atoms with Gasteiger partial charge in [0, 0.05) is 11.1 Å². The van der Waals surface area contributed by atoms with Gasteiger partial charge in [-0.3, -0.25) is 4.79 Å². The number of hydrogen-bond acceptors (Lipinski definition) is 5. The Labute approximate surface area is 156 Å². The minimum atomic E-state index is -0.855. The number of thiazole rings is 1. The van der Waals surface area contributed by atoms with Gasteiger partial charge in [0.1, 0.15) is 9.88 Å². The second-order valence-corrected chi connectivity index (χ2v) is 7.08. The van der Waals surface area contributed by atoms with E-state index in [0.717, 1.165) is 16.1 Å². The van der Waals surface area contributed by atoms with Crippen LogP contribution in [0, 0.1) is 13.8 Å². The van der Waals surface area contributed by atoms with Crippen LogP contribution in [-0.4, -0.2) is 22.8 Å². The highest BCUT2D eigenvalue weighted by atomic mass is 32.1. The number of benzene rings is 2. The van der Waals surface area contributed by atoms with Crippen molar-refractivity contribution in [2.45, 2.75) is 26.9 Å². The molecular weight excluding hydrogens is 346 g/mol. The zero-order chi connectivity index (χ0) is 18.7. The van der Waals surface area contributed by atoms with Gasteiger partial charge in [0.05, 0.1) is 5.69 Å². The largest absolute Gasteiger partial charge is 0.450 e. The summed E-state index contributed by atoms with van der Waals surface area (Å²) in [7, 11) is 0. The monoisotopic (exact) mass is 365 g/mol. The van der Waals surface area contributed by atoms with Crippen LogP contribution in [0.15, 0.2) is 54.6 Å². The highest BCUT2D eigenvalue weighted by Crippen LogP contribution is 2.28. The van der Waals surface area contributed by atoms with Gasteiger partial charge in [-0.2, -0.15) is 0 Å². The van der Waals surface area contributed by atoms with Gasteiger partial charge in [-0.1, -0.05) is 60.2 Å². The summed E-state index contributed by atoms with van der Waals surface area (Å²) in [5.74, 6) is -0.737. The molecule has 0 aliphatic heterocycles. The Kier molecular flexibility index (Phi) is 5.28. The van der Waals surface area contributed by atoms with Gasteiger partial charge in [-0.05, 0) is 20.8 Å². The molecule has 1 heterocycles. The van der Waals surface area contributed by atoms with Crippen molar-refractivity contribution in [3.63, 3.8) is 0 Å². The molecule has 0 unspecified atom stereocenters. The van der Waals surface area contributed by atoms with Crippen LogP contribution in [-0.2, 0) is 4.74 Å². The molecule has 0 amide bonds. The Balaban J connectivity index is 1.74. The van der Waals surface area contributed by atoms with Crippen LogP contribution in [0.25, 0.3) is 10.6 Å². The summed E-state index contributed by atoms with van der Waals surface area (Å²) in [6.45, 7) is 5.31. The van der Waals surface area contributed by atoms with E-state index in [1.807, 2.05) is 49.4 Å². The number of ether oxygens (including phenoxy) is 1. The molecule has 0 radical (unpaired) electrons. The number of Topliss-reactive ketones (excluding diaryl/α,β-unsaturated/α-hetero) is 1. The summed E-state index contributed by atoms with van der Waals surface area (Å²) in [5, 5.41) is 0.757. The standard InChI is InChI=1S/C21H19NO3S/c1-13-9-11-16(12-10-13)18(23)15(3)25-21(24)19-14(2)22-20(26-19)17-7-5-4-6-8-17/h4-12,15H,1-3H3/t15-/m0/s1. The van der Waals surface area contributed by atoms with Crippen LogP contribution >= 0.6 is 11.3 Å². The molecule has 132 valence electrons. The molecular formula is C21H19NO3S. The molecule has 0 aliphatic carbocycles. The lowest BCUT2D eigenvalue weighted by atomic mass is 10.1. The molecule has 1 atom stereocenters. The Bertz CT molecular complexity index is 930. The molecule has 26 heavy (non-hydrogen) atoms. The third kappa shape index (κ3) is 3.89. The van der Waals surface area contributed by atoms with E-state index in [1.54, 1.807) is 26.0 Å². The first-order valence-electron chi connectivity index (χ1n) is 8.30. The highest BCUT2D eigenvalue weighted by molar-refractivity contribution is 7.17. The van der Waals surface area contributed by atoms with Crippen LogP contribution in [0.2, 0.25) is 0 Å². The fourth-order valence-electron chi connectivity index (χ4n) is 2.51. The van der Waals surface area contributed by atoms with E-state index in [9.17, 15) is 9.59 Å². The molecule has 0 spiro atoms. The van der Waals surface area contributed by atoms with Gasteiger partial charge in [0.25, 0.3) is 0 Å². The number of carbonyl (C=O) groups is 2. The van der Waals surface area contributed by atoms with Crippen molar-refractivity contribution in [2.75, 3.05) is 0 Å². The van der Waals surface area contributed by atoms with E-state index in [4.69, 9.17) is 4.74 Å². The first-order chi connectivity index (χ1) is 12.5. The Morgan fingerprint density at radius 1 is 1.00 bits per heavy atom. The van der Waals surface area contributed by atoms with Crippen LogP contribution in [0.1, 0.15) is 38.2 Å². The lowest BCUT2D eigenvalue weighted by Crippen LogP contribution is -2.24. The Morgan fingerprint density at radius 2 is 1.65 bits per heavy atom. The minimum absolute atomic E-state index is 0.219. The molecule has 0 bridgehead atoms. The summed E-state index contributed by atoms with van der Waals surface area (Å²) < 4.78 is 5.39. The van der Waals surface area contributed by atoms with Gasteiger partial charge in [-0.25, -0.2) is 9.78 Å². The number of hydrogen-bond donors (Lipinski definition) is 0. The highest BCUT2D eigenvalue weighted by Gasteiger charge is 2.23. The summed E-state index contributed by atoms with van der Waals surface area (Å²) >= 11 is 1.28. The van der Waals surface area contributed by atoms with Crippen LogP contribution < -0.4 is 0 Å². The quantitative estimate of drug-likeness (QED) is 0.479. The van der Waals surface area contributed by atoms with Crippen molar-refractivity contribution in [1.29, 1.82) is 0 Å². The average Bonchev–Trinajstić information content (AvgIpc) is 3.04. The van der Waals surface area contributed by atoms with Gasteiger partial charge >= 0.3 is 5.97 Å². The maximum atomic E-state index is 12.5. The Morgan fingerprint density at radius 3 is 2.31 bits per heavy atom. The predicted molar refractivity (Wildman–Crippen MR) is 103 cm³/mol. The topological polar surface area (TPSA) is 56.3 Å². The normalized spacial score (nSPS) is 11.8. The fourth-order valence-corrected chi connectivity index (χ4v) is 3.46. The number of esters is 1. The van der Waals surface area contributed by atoms with E-state index in [-0.39, 0.29) is 5.78 Å². The van der Waals surface area contributed by atoms with Crippen molar-refractivity contribution >= 4 is 23.1 Å². The van der Waals surface area contributed by atoms with Gasteiger partial charge in [0.2, 0.25) is 5.78 Å². The van der Waals surface area contributed by atoms with Crippen LogP contribution in [0.3, 0.4) is 0 Å². The molecule has 3 aromatic rings. The molecule has 0 fully saturated rings. The first-order valence-corrected chi connectivity index (χ1v) is 9.12. The lowest BCUT2D eigenvalue weighted by Gasteiger charge is -2.12. The van der Waals surface area contributed by atoms with E-state index in [0.29, 0.717) is 16.1 Å². The smallest absolute Gasteiger partial charge is 0.350 e. The van der Waals surface area contributed by atoms with Crippen molar-refractivity contribution in [3.05, 3.63) is 76.3 Å². The third-order valence-electron chi connectivity index (χ3n) is 3.99. The SMILES string of the molecule is Cc1ccc(C(=O)[C@H](C)OC(=O)c2sc(-c3ccccc3)nc2C)cc1. The molecule has 0 saturated carbocycles. The second-order valence-electron chi connectivity index (χ2n) is 6.08. The molecule has 2 aromatic carbocycles. The number of rotatable bonds is 5.